The number of aryl methyl sites for hydroxylation is 4. The van der Waals surface area contributed by atoms with Gasteiger partial charge in [0.1, 0.15) is 10.6 Å². The molecule has 0 unspecified atom stereocenters. The molecule has 0 bridgehead atoms. The number of carbonyl (C=O) groups excluding carboxylic acids is 1. The molecular formula is C19H22N4OS2. The van der Waals surface area contributed by atoms with Crippen LogP contribution in [-0.2, 0) is 4.79 Å². The number of anilines is 2. The summed E-state index contributed by atoms with van der Waals surface area (Å²) in [5, 5.41) is 4.13. The van der Waals surface area contributed by atoms with Crippen LogP contribution in [0.5, 0.6) is 0 Å². The molecule has 1 atom stereocenters. The van der Waals surface area contributed by atoms with Crippen molar-refractivity contribution in [2.45, 2.75) is 45.0 Å². The van der Waals surface area contributed by atoms with E-state index in [0.717, 1.165) is 32.6 Å². The SMILES string of the molecule is Cc1cccc(C)c1NC(=O)[C@H](C)Sc1nc(N)c2c(C)c(C)sc2n1. The second-order valence-corrected chi connectivity index (χ2v) is 8.88. The number of benzene rings is 1. The minimum absolute atomic E-state index is 0.0757. The van der Waals surface area contributed by atoms with Gasteiger partial charge in [0, 0.05) is 10.6 Å². The molecule has 0 spiro atoms. The highest BCUT2D eigenvalue weighted by atomic mass is 32.2. The number of nitrogens with zero attached hydrogens (tertiary/aromatic N) is 2. The quantitative estimate of drug-likeness (QED) is 0.505. The van der Waals surface area contributed by atoms with Gasteiger partial charge in [-0.25, -0.2) is 9.97 Å². The van der Waals surface area contributed by atoms with Crippen molar-refractivity contribution in [3.8, 4) is 0 Å². The van der Waals surface area contributed by atoms with Crippen LogP contribution in [0.4, 0.5) is 11.5 Å². The molecule has 5 nitrogen and oxygen atoms in total. The Morgan fingerprint density at radius 2 is 1.85 bits per heavy atom. The summed E-state index contributed by atoms with van der Waals surface area (Å²) in [7, 11) is 0. The number of fused-ring (bicyclic) bond motifs is 1. The second-order valence-electron chi connectivity index (χ2n) is 6.37. The van der Waals surface area contributed by atoms with Gasteiger partial charge in [0.05, 0.1) is 10.6 Å². The largest absolute Gasteiger partial charge is 0.383 e. The van der Waals surface area contributed by atoms with Crippen molar-refractivity contribution in [3.05, 3.63) is 39.8 Å². The van der Waals surface area contributed by atoms with Crippen LogP contribution in [-0.4, -0.2) is 21.1 Å². The predicted molar refractivity (Wildman–Crippen MR) is 111 cm³/mol. The lowest BCUT2D eigenvalue weighted by Crippen LogP contribution is -2.23. The van der Waals surface area contributed by atoms with E-state index >= 15 is 0 Å². The van der Waals surface area contributed by atoms with E-state index in [9.17, 15) is 4.79 Å². The lowest BCUT2D eigenvalue weighted by molar-refractivity contribution is -0.115. The van der Waals surface area contributed by atoms with Crippen molar-refractivity contribution in [2.24, 2.45) is 0 Å². The number of hydrogen-bond acceptors (Lipinski definition) is 6. The Hall–Kier alpha value is -2.12. The van der Waals surface area contributed by atoms with Gasteiger partial charge in [-0.2, -0.15) is 0 Å². The van der Waals surface area contributed by atoms with Gasteiger partial charge in [-0.3, -0.25) is 4.79 Å². The molecule has 0 saturated heterocycles. The molecular weight excluding hydrogens is 364 g/mol. The number of hydrogen-bond donors (Lipinski definition) is 2. The number of carbonyl (C=O) groups is 1. The van der Waals surface area contributed by atoms with Gasteiger partial charge >= 0.3 is 0 Å². The summed E-state index contributed by atoms with van der Waals surface area (Å²) in [6, 6.07) is 5.95. The number of nitrogens with one attached hydrogen (secondary N) is 1. The van der Waals surface area contributed by atoms with E-state index in [0.29, 0.717) is 11.0 Å². The first kappa shape index (κ1) is 18.7. The summed E-state index contributed by atoms with van der Waals surface area (Å²) in [6.45, 7) is 9.90. The molecule has 136 valence electrons. The first-order valence-corrected chi connectivity index (χ1v) is 10.0. The molecule has 3 N–H and O–H groups in total. The van der Waals surface area contributed by atoms with Crippen molar-refractivity contribution in [1.29, 1.82) is 0 Å². The van der Waals surface area contributed by atoms with E-state index in [-0.39, 0.29) is 11.2 Å². The van der Waals surface area contributed by atoms with Crippen molar-refractivity contribution in [3.63, 3.8) is 0 Å². The van der Waals surface area contributed by atoms with Gasteiger partial charge in [0.15, 0.2) is 5.16 Å². The Morgan fingerprint density at radius 1 is 1.19 bits per heavy atom. The van der Waals surface area contributed by atoms with Gasteiger partial charge in [0.2, 0.25) is 5.91 Å². The smallest absolute Gasteiger partial charge is 0.237 e. The Balaban J connectivity index is 1.80. The van der Waals surface area contributed by atoms with Crippen LogP contribution in [0.1, 0.15) is 28.5 Å². The normalized spacial score (nSPS) is 12.3. The molecule has 1 aromatic carbocycles. The number of rotatable bonds is 4. The third-order valence-electron chi connectivity index (χ3n) is 4.42. The number of thioether (sulfide) groups is 1. The molecule has 0 saturated carbocycles. The van der Waals surface area contributed by atoms with Crippen LogP contribution in [0.25, 0.3) is 10.2 Å². The number of aromatic nitrogens is 2. The summed E-state index contributed by atoms with van der Waals surface area (Å²) in [4.78, 5) is 23.7. The Morgan fingerprint density at radius 3 is 2.50 bits per heavy atom. The number of nitrogens with two attached hydrogens (primary N) is 1. The fraction of sp³-hybridized carbons (Fsp3) is 0.316. The molecule has 1 amide bonds. The first-order chi connectivity index (χ1) is 12.3. The topological polar surface area (TPSA) is 80.9 Å². The van der Waals surface area contributed by atoms with E-state index in [1.165, 1.54) is 16.6 Å². The highest BCUT2D eigenvalue weighted by Gasteiger charge is 2.20. The van der Waals surface area contributed by atoms with Gasteiger partial charge in [-0.1, -0.05) is 30.0 Å². The van der Waals surface area contributed by atoms with Crippen molar-refractivity contribution >= 4 is 50.7 Å². The monoisotopic (exact) mass is 386 g/mol. The second kappa shape index (κ2) is 7.25. The molecule has 3 aromatic rings. The average molecular weight is 387 g/mol. The predicted octanol–water partition coefficient (Wildman–Crippen LogP) is 4.63. The molecule has 0 fully saturated rings. The zero-order valence-electron chi connectivity index (χ0n) is 15.5. The zero-order chi connectivity index (χ0) is 19.0. The molecule has 2 heterocycles. The molecule has 0 radical (unpaired) electrons. The lowest BCUT2D eigenvalue weighted by atomic mass is 10.1. The fourth-order valence-electron chi connectivity index (χ4n) is 2.76. The molecule has 26 heavy (non-hydrogen) atoms. The summed E-state index contributed by atoms with van der Waals surface area (Å²) < 4.78 is 0. The summed E-state index contributed by atoms with van der Waals surface area (Å²) >= 11 is 2.92. The van der Waals surface area contributed by atoms with Gasteiger partial charge in [0.25, 0.3) is 0 Å². The number of thiophene rings is 1. The minimum atomic E-state index is -0.340. The first-order valence-electron chi connectivity index (χ1n) is 8.35. The van der Waals surface area contributed by atoms with E-state index in [1.807, 2.05) is 45.9 Å². The lowest BCUT2D eigenvalue weighted by Gasteiger charge is -2.15. The number of nitrogen functional groups attached to an aromatic ring is 1. The fourth-order valence-corrected chi connectivity index (χ4v) is 4.63. The van der Waals surface area contributed by atoms with Crippen molar-refractivity contribution in [2.75, 3.05) is 11.1 Å². The van der Waals surface area contributed by atoms with Gasteiger partial charge in [-0.15, -0.1) is 11.3 Å². The van der Waals surface area contributed by atoms with Crippen LogP contribution >= 0.6 is 23.1 Å². The summed E-state index contributed by atoms with van der Waals surface area (Å²) in [6.07, 6.45) is 0. The van der Waals surface area contributed by atoms with Crippen LogP contribution in [0.2, 0.25) is 0 Å². The van der Waals surface area contributed by atoms with E-state index < -0.39 is 0 Å². The van der Waals surface area contributed by atoms with Crippen LogP contribution in [0.15, 0.2) is 23.4 Å². The number of amides is 1. The molecule has 0 aliphatic heterocycles. The van der Waals surface area contributed by atoms with E-state index in [4.69, 9.17) is 5.73 Å². The maximum Gasteiger partial charge on any atom is 0.237 e. The Bertz CT molecular complexity index is 977. The third kappa shape index (κ3) is 3.54. The van der Waals surface area contributed by atoms with Crippen LogP contribution < -0.4 is 11.1 Å². The third-order valence-corrected chi connectivity index (χ3v) is 6.48. The Labute approximate surface area is 161 Å². The van der Waals surface area contributed by atoms with Crippen LogP contribution in [0.3, 0.4) is 0 Å². The van der Waals surface area contributed by atoms with Crippen LogP contribution in [0, 0.1) is 27.7 Å². The maximum atomic E-state index is 12.6. The zero-order valence-corrected chi connectivity index (χ0v) is 17.1. The van der Waals surface area contributed by atoms with Crippen molar-refractivity contribution in [1.82, 2.24) is 9.97 Å². The Kier molecular flexibility index (Phi) is 5.20. The van der Waals surface area contributed by atoms with Crippen molar-refractivity contribution < 1.29 is 4.79 Å². The highest BCUT2D eigenvalue weighted by molar-refractivity contribution is 8.00. The summed E-state index contributed by atoms with van der Waals surface area (Å²) in [5.74, 6) is 0.398. The summed E-state index contributed by atoms with van der Waals surface area (Å²) in [5.41, 5.74) is 10.2. The number of para-hydroxylation sites is 1. The molecule has 0 aliphatic rings. The average Bonchev–Trinajstić information content (AvgIpc) is 2.85. The van der Waals surface area contributed by atoms with E-state index in [1.54, 1.807) is 11.3 Å². The van der Waals surface area contributed by atoms with Gasteiger partial charge < -0.3 is 11.1 Å². The minimum Gasteiger partial charge on any atom is -0.383 e. The van der Waals surface area contributed by atoms with E-state index in [2.05, 4.69) is 22.2 Å². The van der Waals surface area contributed by atoms with Gasteiger partial charge in [-0.05, 0) is 51.3 Å². The molecule has 7 heteroatoms. The highest BCUT2D eigenvalue weighted by Crippen LogP contribution is 2.34. The molecule has 2 aromatic heterocycles. The molecule has 0 aliphatic carbocycles. The standard InChI is InChI=1S/C19H22N4OS2/c1-9-7-6-8-10(2)15(9)21-17(24)13(5)26-19-22-16(20)14-11(3)12(4)25-18(14)23-19/h6-8,13H,1-5H3,(H,21,24)(H2,20,22,23)/t13-/m0/s1. The molecule has 3 rings (SSSR count). The maximum absolute atomic E-state index is 12.6.